The lowest BCUT2D eigenvalue weighted by molar-refractivity contribution is -0.133. The monoisotopic (exact) mass is 556 g/mol. The normalized spacial score (nSPS) is 20.9. The van der Waals surface area contributed by atoms with Crippen molar-refractivity contribution in [2.45, 2.75) is 63.3 Å². The van der Waals surface area contributed by atoms with Crippen molar-refractivity contribution in [1.82, 2.24) is 20.9 Å². The van der Waals surface area contributed by atoms with Gasteiger partial charge in [0.2, 0.25) is 17.7 Å². The first-order valence-corrected chi connectivity index (χ1v) is 14.0. The highest BCUT2D eigenvalue weighted by Gasteiger charge is 2.38. The van der Waals surface area contributed by atoms with E-state index in [0.717, 1.165) is 30.4 Å². The van der Waals surface area contributed by atoms with Crippen LogP contribution in [0.2, 0.25) is 0 Å². The highest BCUT2D eigenvalue weighted by molar-refractivity contribution is 5.96. The number of Topliss-reactive ketones (excluding diaryl/α,β-unsaturated/α-hetero) is 1. The fraction of sp³-hybridized carbons (Fsp3) is 0.586. The van der Waals surface area contributed by atoms with Crippen molar-refractivity contribution in [3.05, 3.63) is 41.5 Å². The first-order chi connectivity index (χ1) is 19.3. The van der Waals surface area contributed by atoms with E-state index < -0.39 is 36.0 Å². The summed E-state index contributed by atoms with van der Waals surface area (Å²) in [5, 5.41) is 8.41. The van der Waals surface area contributed by atoms with Crippen LogP contribution >= 0.6 is 0 Å². The van der Waals surface area contributed by atoms with Gasteiger partial charge in [-0.25, -0.2) is 0 Å². The quantitative estimate of drug-likeness (QED) is 0.223. The molecule has 3 amide bonds. The molecular formula is C29H40N4O7. The van der Waals surface area contributed by atoms with E-state index in [1.54, 1.807) is 26.2 Å². The number of epoxide rings is 1. The van der Waals surface area contributed by atoms with Gasteiger partial charge >= 0.3 is 0 Å². The Morgan fingerprint density at radius 3 is 2.33 bits per heavy atom. The molecule has 1 aliphatic carbocycles. The molecule has 0 radical (unpaired) electrons. The average molecular weight is 557 g/mol. The third kappa shape index (κ3) is 8.87. The van der Waals surface area contributed by atoms with Gasteiger partial charge in [-0.3, -0.25) is 24.1 Å². The van der Waals surface area contributed by atoms with Crippen molar-refractivity contribution in [3.8, 4) is 5.75 Å². The Labute approximate surface area is 235 Å². The second-order valence-electron chi connectivity index (χ2n) is 10.5. The Morgan fingerprint density at radius 1 is 1.00 bits per heavy atom. The van der Waals surface area contributed by atoms with Crippen LogP contribution in [0.3, 0.4) is 0 Å². The van der Waals surface area contributed by atoms with E-state index in [2.05, 4.69) is 22.0 Å². The van der Waals surface area contributed by atoms with E-state index in [1.807, 2.05) is 17.0 Å². The molecule has 218 valence electrons. The van der Waals surface area contributed by atoms with E-state index in [-0.39, 0.29) is 24.7 Å². The summed E-state index contributed by atoms with van der Waals surface area (Å²) < 4.78 is 15.7. The Kier molecular flexibility index (Phi) is 10.7. The number of amides is 3. The lowest BCUT2D eigenvalue weighted by atomic mass is 9.98. The third-order valence-corrected chi connectivity index (χ3v) is 7.39. The molecule has 2 aliphatic heterocycles. The van der Waals surface area contributed by atoms with Crippen molar-refractivity contribution in [1.29, 1.82) is 0 Å². The Balaban J connectivity index is 1.42. The molecule has 0 spiro atoms. The number of carbonyl (C=O) groups excluding carboxylic acids is 4. The number of methoxy groups -OCH3 is 1. The van der Waals surface area contributed by atoms with Gasteiger partial charge in [0, 0.05) is 19.5 Å². The van der Waals surface area contributed by atoms with Crippen LogP contribution < -0.4 is 20.7 Å². The molecule has 3 N–H and O–H groups in total. The summed E-state index contributed by atoms with van der Waals surface area (Å²) >= 11 is 0. The fourth-order valence-corrected chi connectivity index (χ4v) is 4.94. The number of nitrogens with zero attached hydrogens (tertiary/aromatic N) is 1. The topological polar surface area (TPSA) is 139 Å². The predicted octanol–water partition coefficient (Wildman–Crippen LogP) is 0.513. The second-order valence-corrected chi connectivity index (χ2v) is 10.5. The number of ketones is 1. The van der Waals surface area contributed by atoms with Gasteiger partial charge in [0.05, 0.1) is 39.5 Å². The molecule has 0 aromatic heterocycles. The van der Waals surface area contributed by atoms with Crippen molar-refractivity contribution in [2.75, 3.05) is 46.6 Å². The number of carbonyl (C=O) groups is 4. The number of hydrogen-bond acceptors (Lipinski definition) is 8. The van der Waals surface area contributed by atoms with Crippen LogP contribution in [-0.2, 0) is 35.1 Å². The van der Waals surface area contributed by atoms with Gasteiger partial charge in [-0.15, -0.1) is 0 Å². The summed E-state index contributed by atoms with van der Waals surface area (Å²) in [5.74, 6) is -0.713. The van der Waals surface area contributed by atoms with Gasteiger partial charge in [0.15, 0.2) is 5.78 Å². The fourth-order valence-electron chi connectivity index (χ4n) is 4.94. The Morgan fingerprint density at radius 2 is 1.70 bits per heavy atom. The van der Waals surface area contributed by atoms with Gasteiger partial charge in [-0.1, -0.05) is 23.8 Å². The molecule has 3 aliphatic rings. The number of nitrogens with one attached hydrogen (secondary N) is 3. The molecule has 4 atom stereocenters. The minimum absolute atomic E-state index is 0.153. The molecule has 11 nitrogen and oxygen atoms in total. The van der Waals surface area contributed by atoms with Crippen LogP contribution in [0.1, 0.15) is 38.2 Å². The molecule has 2 heterocycles. The predicted molar refractivity (Wildman–Crippen MR) is 147 cm³/mol. The maximum Gasteiger partial charge on any atom is 0.243 e. The minimum Gasteiger partial charge on any atom is -0.497 e. The van der Waals surface area contributed by atoms with E-state index in [4.69, 9.17) is 14.2 Å². The summed E-state index contributed by atoms with van der Waals surface area (Å²) in [4.78, 5) is 54.2. The summed E-state index contributed by atoms with van der Waals surface area (Å²) in [5.41, 5.74) is 1.95. The highest BCUT2D eigenvalue weighted by atomic mass is 16.6. The van der Waals surface area contributed by atoms with Gasteiger partial charge in [0.25, 0.3) is 0 Å². The van der Waals surface area contributed by atoms with Crippen LogP contribution in [-0.4, -0.2) is 99.2 Å². The molecule has 40 heavy (non-hydrogen) atoms. The molecule has 0 bridgehead atoms. The van der Waals surface area contributed by atoms with E-state index in [1.165, 1.54) is 0 Å². The van der Waals surface area contributed by atoms with Gasteiger partial charge in [-0.05, 0) is 50.3 Å². The van der Waals surface area contributed by atoms with Crippen molar-refractivity contribution < 1.29 is 33.4 Å². The molecule has 4 unspecified atom stereocenters. The average Bonchev–Trinajstić information content (AvgIpc) is 3.68. The summed E-state index contributed by atoms with van der Waals surface area (Å²) in [6.45, 7) is 4.55. The first kappa shape index (κ1) is 29.7. The molecule has 4 rings (SSSR count). The van der Waals surface area contributed by atoms with Crippen LogP contribution in [0.25, 0.3) is 0 Å². The number of benzene rings is 1. The SMILES string of the molecule is COc1ccc(CC(NC(=O)C(C)NC(=O)CN2CCOCC2)C(=O)NC(CC2=CCCC2)C(=O)C2CO2)cc1. The van der Waals surface area contributed by atoms with Crippen LogP contribution in [0.4, 0.5) is 0 Å². The number of rotatable bonds is 14. The second kappa shape index (κ2) is 14.4. The number of morpholine rings is 1. The molecule has 0 saturated carbocycles. The van der Waals surface area contributed by atoms with Gasteiger partial charge in [-0.2, -0.15) is 0 Å². The van der Waals surface area contributed by atoms with Crippen LogP contribution in [0, 0.1) is 0 Å². The zero-order valence-electron chi connectivity index (χ0n) is 23.3. The molecule has 2 fully saturated rings. The van der Waals surface area contributed by atoms with E-state index >= 15 is 0 Å². The minimum atomic E-state index is -0.965. The number of allylic oxidation sites excluding steroid dienone is 1. The van der Waals surface area contributed by atoms with Crippen molar-refractivity contribution >= 4 is 23.5 Å². The van der Waals surface area contributed by atoms with Crippen molar-refractivity contribution in [3.63, 3.8) is 0 Å². The summed E-state index contributed by atoms with van der Waals surface area (Å²) in [6.07, 6.45) is 5.16. The standard InChI is InChI=1S/C29H40N4O7/c1-19(30-26(34)17-33-11-13-39-14-12-33)28(36)32-24(16-21-7-9-22(38-2)10-8-21)29(37)31-23(27(35)25-18-40-25)15-20-5-3-4-6-20/h5,7-10,19,23-25H,3-4,6,11-18H2,1-2H3,(H,30,34)(H,31,37)(H,32,36). The highest BCUT2D eigenvalue weighted by Crippen LogP contribution is 2.24. The molecule has 11 heteroatoms. The molecular weight excluding hydrogens is 516 g/mol. The largest absolute Gasteiger partial charge is 0.497 e. The molecule has 2 saturated heterocycles. The van der Waals surface area contributed by atoms with Gasteiger partial charge < -0.3 is 30.2 Å². The van der Waals surface area contributed by atoms with Crippen LogP contribution in [0.5, 0.6) is 5.75 Å². The number of ether oxygens (including phenoxy) is 3. The lowest BCUT2D eigenvalue weighted by Crippen LogP contribution is -2.56. The summed E-state index contributed by atoms with van der Waals surface area (Å²) in [7, 11) is 1.57. The smallest absolute Gasteiger partial charge is 0.243 e. The van der Waals surface area contributed by atoms with E-state index in [9.17, 15) is 19.2 Å². The maximum atomic E-state index is 13.6. The van der Waals surface area contributed by atoms with Gasteiger partial charge in [0.1, 0.15) is 23.9 Å². The number of hydrogen-bond donors (Lipinski definition) is 3. The lowest BCUT2D eigenvalue weighted by Gasteiger charge is -2.27. The van der Waals surface area contributed by atoms with Crippen LogP contribution in [0.15, 0.2) is 35.9 Å². The van der Waals surface area contributed by atoms with Crippen molar-refractivity contribution in [2.24, 2.45) is 0 Å². The van der Waals surface area contributed by atoms with E-state index in [0.29, 0.717) is 45.1 Å². The zero-order chi connectivity index (χ0) is 28.5. The molecule has 1 aromatic rings. The Hall–Kier alpha value is -3.28. The first-order valence-electron chi connectivity index (χ1n) is 14.0. The Bertz CT molecular complexity index is 1080. The third-order valence-electron chi connectivity index (χ3n) is 7.39. The zero-order valence-corrected chi connectivity index (χ0v) is 23.3. The molecule has 1 aromatic carbocycles. The maximum absolute atomic E-state index is 13.6. The summed E-state index contributed by atoms with van der Waals surface area (Å²) in [6, 6.07) is 4.65.